The smallest absolute Gasteiger partial charge is 0.336 e. The molecule has 0 fully saturated rings. The highest BCUT2D eigenvalue weighted by molar-refractivity contribution is 7.19. The summed E-state index contributed by atoms with van der Waals surface area (Å²) in [7, 11) is 0. The molecular weight excluding hydrogens is 460 g/mol. The molecule has 0 saturated carbocycles. The number of thiazole rings is 1. The zero-order valence-electron chi connectivity index (χ0n) is 18.3. The lowest BCUT2D eigenvalue weighted by atomic mass is 10.1. The molecule has 0 aliphatic carbocycles. The second-order valence-electron chi connectivity index (χ2n) is 7.80. The van der Waals surface area contributed by atoms with Crippen molar-refractivity contribution in [1.29, 1.82) is 0 Å². The van der Waals surface area contributed by atoms with Gasteiger partial charge in [-0.15, -0.1) is 11.3 Å². The summed E-state index contributed by atoms with van der Waals surface area (Å²) in [5.74, 6) is -0.916. The fraction of sp³-hybridized carbons (Fsp3) is 0.0714. The molecule has 2 heterocycles. The number of hydrogen-bond donors (Lipinski definition) is 1. The summed E-state index contributed by atoms with van der Waals surface area (Å²) in [4.78, 5) is 21.4. The van der Waals surface area contributed by atoms with Crippen LogP contribution in [-0.4, -0.2) is 16.1 Å². The van der Waals surface area contributed by atoms with Crippen LogP contribution in [0.1, 0.15) is 20.8 Å². The lowest BCUT2D eigenvalue weighted by Crippen LogP contribution is -2.23. The van der Waals surface area contributed by atoms with E-state index in [1.807, 2.05) is 54.6 Å². The Labute approximate surface area is 206 Å². The van der Waals surface area contributed by atoms with Crippen LogP contribution < -0.4 is 4.90 Å². The van der Waals surface area contributed by atoms with Crippen molar-refractivity contribution in [2.45, 2.75) is 13.1 Å². The molecule has 4 nitrogen and oxygen atoms in total. The van der Waals surface area contributed by atoms with Gasteiger partial charge in [-0.1, -0.05) is 96.3 Å². The van der Waals surface area contributed by atoms with E-state index in [2.05, 4.69) is 40.6 Å². The van der Waals surface area contributed by atoms with E-state index in [0.29, 0.717) is 18.7 Å². The zero-order valence-corrected chi connectivity index (χ0v) is 19.9. The standard InChI is InChI=1S/C28H22N2O2S2/c31-27(32)24-16-8-7-14-22(24)18-30(19-23-15-9-17-33-23)28-29-25(20-10-3-1-4-11-20)26(34-28)21-12-5-2-6-13-21/h1-17H,18-19H2,(H,31,32). The number of thiophene rings is 1. The summed E-state index contributed by atoms with van der Waals surface area (Å²) in [6, 6.07) is 31.8. The van der Waals surface area contributed by atoms with Crippen LogP contribution in [0.5, 0.6) is 0 Å². The number of benzene rings is 3. The van der Waals surface area contributed by atoms with Gasteiger partial charge in [0.15, 0.2) is 5.13 Å². The molecule has 6 heteroatoms. The van der Waals surface area contributed by atoms with Crippen molar-refractivity contribution in [2.24, 2.45) is 0 Å². The lowest BCUT2D eigenvalue weighted by molar-refractivity contribution is 0.0695. The number of rotatable bonds is 8. The SMILES string of the molecule is O=C(O)c1ccccc1CN(Cc1cccs1)c1nc(-c2ccccc2)c(-c2ccccc2)s1. The predicted octanol–water partition coefficient (Wildman–Crippen LogP) is 7.44. The zero-order chi connectivity index (χ0) is 23.3. The second-order valence-corrected chi connectivity index (χ2v) is 9.81. The number of aromatic carboxylic acids is 1. The van der Waals surface area contributed by atoms with E-state index in [0.717, 1.165) is 32.4 Å². The van der Waals surface area contributed by atoms with E-state index in [9.17, 15) is 9.90 Å². The highest BCUT2D eigenvalue weighted by atomic mass is 32.1. The quantitative estimate of drug-likeness (QED) is 0.250. The van der Waals surface area contributed by atoms with Gasteiger partial charge >= 0.3 is 5.97 Å². The maximum Gasteiger partial charge on any atom is 0.336 e. The number of anilines is 1. The molecule has 0 aliphatic rings. The Balaban J connectivity index is 1.61. The molecular formula is C28H22N2O2S2. The largest absolute Gasteiger partial charge is 0.478 e. The summed E-state index contributed by atoms with van der Waals surface area (Å²) in [5, 5.41) is 12.6. The van der Waals surface area contributed by atoms with Gasteiger partial charge in [0.2, 0.25) is 0 Å². The van der Waals surface area contributed by atoms with Crippen LogP contribution in [0.3, 0.4) is 0 Å². The highest BCUT2D eigenvalue weighted by Gasteiger charge is 2.21. The van der Waals surface area contributed by atoms with Crippen molar-refractivity contribution in [3.8, 4) is 21.7 Å². The van der Waals surface area contributed by atoms with Crippen LogP contribution in [-0.2, 0) is 13.1 Å². The van der Waals surface area contributed by atoms with Crippen molar-refractivity contribution >= 4 is 33.8 Å². The minimum absolute atomic E-state index is 0.321. The fourth-order valence-corrected chi connectivity index (χ4v) is 5.69. The molecule has 34 heavy (non-hydrogen) atoms. The average molecular weight is 483 g/mol. The molecule has 0 spiro atoms. The van der Waals surface area contributed by atoms with Crippen molar-refractivity contribution in [1.82, 2.24) is 4.98 Å². The lowest BCUT2D eigenvalue weighted by Gasteiger charge is -2.22. The van der Waals surface area contributed by atoms with Gasteiger partial charge in [0, 0.05) is 17.0 Å². The summed E-state index contributed by atoms with van der Waals surface area (Å²) in [6.45, 7) is 1.11. The van der Waals surface area contributed by atoms with Gasteiger partial charge in [-0.05, 0) is 28.6 Å². The molecule has 0 amide bonds. The van der Waals surface area contributed by atoms with E-state index in [1.54, 1.807) is 34.8 Å². The predicted molar refractivity (Wildman–Crippen MR) is 141 cm³/mol. The number of aromatic nitrogens is 1. The minimum atomic E-state index is -0.916. The Morgan fingerprint density at radius 2 is 1.47 bits per heavy atom. The third-order valence-electron chi connectivity index (χ3n) is 5.51. The van der Waals surface area contributed by atoms with Gasteiger partial charge < -0.3 is 10.0 Å². The molecule has 0 bridgehead atoms. The molecule has 0 aliphatic heterocycles. The van der Waals surface area contributed by atoms with E-state index in [-0.39, 0.29) is 0 Å². The molecule has 0 unspecified atom stereocenters. The molecule has 0 radical (unpaired) electrons. The Bertz CT molecular complexity index is 1320. The van der Waals surface area contributed by atoms with Crippen LogP contribution >= 0.6 is 22.7 Å². The van der Waals surface area contributed by atoms with Crippen molar-refractivity contribution in [2.75, 3.05) is 4.90 Å². The number of hydrogen-bond acceptors (Lipinski definition) is 5. The van der Waals surface area contributed by atoms with Crippen molar-refractivity contribution in [3.05, 3.63) is 118 Å². The maximum absolute atomic E-state index is 11.9. The van der Waals surface area contributed by atoms with Gasteiger partial charge in [0.05, 0.1) is 22.7 Å². The van der Waals surface area contributed by atoms with E-state index < -0.39 is 5.97 Å². The van der Waals surface area contributed by atoms with Crippen LogP contribution in [0.4, 0.5) is 5.13 Å². The van der Waals surface area contributed by atoms with E-state index in [4.69, 9.17) is 4.98 Å². The van der Waals surface area contributed by atoms with Gasteiger partial charge in [0.1, 0.15) is 0 Å². The first kappa shape index (κ1) is 22.1. The molecule has 5 rings (SSSR count). The molecule has 2 aromatic heterocycles. The second kappa shape index (κ2) is 10.0. The minimum Gasteiger partial charge on any atom is -0.478 e. The molecule has 1 N–H and O–H groups in total. The Hall–Kier alpha value is -3.74. The summed E-state index contributed by atoms with van der Waals surface area (Å²) in [5.41, 5.74) is 4.21. The Morgan fingerprint density at radius 1 is 0.794 bits per heavy atom. The number of carbonyl (C=O) groups is 1. The highest BCUT2D eigenvalue weighted by Crippen LogP contribution is 2.41. The molecule has 3 aromatic carbocycles. The first-order valence-electron chi connectivity index (χ1n) is 10.9. The van der Waals surface area contributed by atoms with Crippen LogP contribution in [0.25, 0.3) is 21.7 Å². The normalized spacial score (nSPS) is 10.8. The van der Waals surface area contributed by atoms with E-state index in [1.165, 1.54) is 4.88 Å². The van der Waals surface area contributed by atoms with Crippen LogP contribution in [0.15, 0.2) is 102 Å². The van der Waals surface area contributed by atoms with Crippen LogP contribution in [0.2, 0.25) is 0 Å². The summed E-state index contributed by atoms with van der Waals surface area (Å²) >= 11 is 3.33. The third kappa shape index (κ3) is 4.78. The van der Waals surface area contributed by atoms with Gasteiger partial charge in [0.25, 0.3) is 0 Å². The van der Waals surface area contributed by atoms with Crippen LogP contribution in [0, 0.1) is 0 Å². The monoisotopic (exact) mass is 482 g/mol. The molecule has 168 valence electrons. The first-order chi connectivity index (χ1) is 16.7. The number of nitrogens with zero attached hydrogens (tertiary/aromatic N) is 2. The molecule has 5 aromatic rings. The maximum atomic E-state index is 11.9. The third-order valence-corrected chi connectivity index (χ3v) is 7.53. The number of carboxylic acids is 1. The Kier molecular flexibility index (Phi) is 6.51. The topological polar surface area (TPSA) is 53.4 Å². The van der Waals surface area contributed by atoms with E-state index >= 15 is 0 Å². The first-order valence-corrected chi connectivity index (χ1v) is 12.6. The Morgan fingerprint density at radius 3 is 2.15 bits per heavy atom. The fourth-order valence-electron chi connectivity index (χ4n) is 3.88. The van der Waals surface area contributed by atoms with Crippen molar-refractivity contribution < 1.29 is 9.90 Å². The van der Waals surface area contributed by atoms with Gasteiger partial charge in [-0.25, -0.2) is 9.78 Å². The number of carboxylic acid groups (broad SMARTS) is 1. The van der Waals surface area contributed by atoms with Gasteiger partial charge in [-0.3, -0.25) is 0 Å². The summed E-state index contributed by atoms with van der Waals surface area (Å²) in [6.07, 6.45) is 0. The molecule has 0 saturated heterocycles. The summed E-state index contributed by atoms with van der Waals surface area (Å²) < 4.78 is 0. The van der Waals surface area contributed by atoms with Crippen molar-refractivity contribution in [3.63, 3.8) is 0 Å². The van der Waals surface area contributed by atoms with Gasteiger partial charge in [-0.2, -0.15) is 0 Å². The average Bonchev–Trinajstić information content (AvgIpc) is 3.55. The molecule has 0 atom stereocenters.